The monoisotopic (exact) mass is 561 g/mol. The van der Waals surface area contributed by atoms with Crippen LogP contribution in [0, 0.1) is 0 Å². The van der Waals surface area contributed by atoms with E-state index in [-0.39, 0.29) is 0 Å². The molecule has 1 aliphatic carbocycles. The second-order valence-electron chi connectivity index (χ2n) is 11.4. The van der Waals surface area contributed by atoms with Crippen LogP contribution in [0.25, 0.3) is 50.1 Å². The lowest BCUT2D eigenvalue weighted by Gasteiger charge is -2.33. The summed E-state index contributed by atoms with van der Waals surface area (Å²) >= 11 is 0. The van der Waals surface area contributed by atoms with Crippen molar-refractivity contribution in [2.75, 3.05) is 0 Å². The summed E-state index contributed by atoms with van der Waals surface area (Å²) in [6.45, 7) is 0. The van der Waals surface area contributed by atoms with Crippen LogP contribution >= 0.6 is 0 Å². The van der Waals surface area contributed by atoms with E-state index in [2.05, 4.69) is 162 Å². The van der Waals surface area contributed by atoms with Gasteiger partial charge in [0.15, 0.2) is 5.82 Å². The van der Waals surface area contributed by atoms with Crippen molar-refractivity contribution < 1.29 is 0 Å². The molecule has 6 aromatic carbocycles. The predicted octanol–water partition coefficient (Wildman–Crippen LogP) is 9.60. The lowest BCUT2D eigenvalue weighted by atomic mass is 9.70. The van der Waals surface area contributed by atoms with Crippen molar-refractivity contribution in [3.8, 4) is 28.3 Å². The van der Waals surface area contributed by atoms with Crippen LogP contribution in [0.1, 0.15) is 22.4 Å². The molecule has 1 aliphatic rings. The van der Waals surface area contributed by atoms with Gasteiger partial charge in [-0.25, -0.2) is 9.97 Å². The van der Waals surface area contributed by atoms with Gasteiger partial charge >= 0.3 is 0 Å². The average molecular weight is 562 g/mol. The Bertz CT molecular complexity index is 2240. The van der Waals surface area contributed by atoms with E-state index in [1.807, 2.05) is 6.07 Å². The standard InChI is InChI=1S/C41H27N3/c1-3-15-28(16-4-1)40-42-38(27-39(43-40)44-36-25-13-9-21-32(36)33-22-10-14-26-37(33)44)41(29-17-5-2-6-18-29)34-23-11-7-19-30(34)31-20-8-12-24-35(31)41/h1-27H. The summed E-state index contributed by atoms with van der Waals surface area (Å²) in [7, 11) is 0. The number of para-hydroxylation sites is 2. The Morgan fingerprint density at radius 3 is 1.57 bits per heavy atom. The molecule has 0 radical (unpaired) electrons. The summed E-state index contributed by atoms with van der Waals surface area (Å²) < 4.78 is 2.30. The fourth-order valence-corrected chi connectivity index (χ4v) is 7.28. The lowest BCUT2D eigenvalue weighted by molar-refractivity contribution is 0.729. The fourth-order valence-electron chi connectivity index (χ4n) is 7.28. The van der Waals surface area contributed by atoms with Crippen molar-refractivity contribution >= 4 is 21.8 Å². The smallest absolute Gasteiger partial charge is 0.161 e. The maximum atomic E-state index is 5.48. The molecule has 0 N–H and O–H groups in total. The van der Waals surface area contributed by atoms with E-state index in [4.69, 9.17) is 9.97 Å². The van der Waals surface area contributed by atoms with Gasteiger partial charge in [0.1, 0.15) is 5.82 Å². The highest BCUT2D eigenvalue weighted by atomic mass is 15.1. The Balaban J connectivity index is 1.45. The van der Waals surface area contributed by atoms with E-state index in [0.29, 0.717) is 5.82 Å². The molecule has 0 amide bonds. The van der Waals surface area contributed by atoms with Crippen LogP contribution in [0.3, 0.4) is 0 Å². The first-order valence-electron chi connectivity index (χ1n) is 15.0. The van der Waals surface area contributed by atoms with Gasteiger partial charge in [-0.1, -0.05) is 146 Å². The van der Waals surface area contributed by atoms with E-state index in [0.717, 1.165) is 28.1 Å². The Morgan fingerprint density at radius 2 is 0.955 bits per heavy atom. The van der Waals surface area contributed by atoms with E-state index in [1.54, 1.807) is 0 Å². The molecule has 0 saturated heterocycles. The largest absolute Gasteiger partial charge is 0.294 e. The molecule has 44 heavy (non-hydrogen) atoms. The van der Waals surface area contributed by atoms with Crippen molar-refractivity contribution in [3.63, 3.8) is 0 Å². The first kappa shape index (κ1) is 24.8. The zero-order chi connectivity index (χ0) is 29.1. The molecular weight excluding hydrogens is 534 g/mol. The van der Waals surface area contributed by atoms with Crippen LogP contribution in [0.5, 0.6) is 0 Å². The Hall–Kier alpha value is -5.80. The molecule has 8 aromatic rings. The quantitative estimate of drug-likeness (QED) is 0.214. The Kier molecular flexibility index (Phi) is 5.41. The second-order valence-corrected chi connectivity index (χ2v) is 11.4. The molecule has 0 bridgehead atoms. The molecule has 2 heterocycles. The third-order valence-electron chi connectivity index (χ3n) is 9.10. The third kappa shape index (κ3) is 3.44. The van der Waals surface area contributed by atoms with Crippen LogP contribution < -0.4 is 0 Å². The highest BCUT2D eigenvalue weighted by Gasteiger charge is 2.47. The van der Waals surface area contributed by atoms with E-state index >= 15 is 0 Å². The topological polar surface area (TPSA) is 30.7 Å². The number of hydrogen-bond acceptors (Lipinski definition) is 2. The first-order chi connectivity index (χ1) is 21.8. The molecule has 0 spiro atoms. The Morgan fingerprint density at radius 1 is 0.455 bits per heavy atom. The van der Waals surface area contributed by atoms with Crippen molar-refractivity contribution in [1.82, 2.24) is 14.5 Å². The van der Waals surface area contributed by atoms with Gasteiger partial charge in [-0.05, 0) is 39.9 Å². The molecule has 2 aromatic heterocycles. The average Bonchev–Trinajstić information content (AvgIpc) is 3.60. The number of benzene rings is 6. The van der Waals surface area contributed by atoms with E-state index in [9.17, 15) is 0 Å². The summed E-state index contributed by atoms with van der Waals surface area (Å²) in [4.78, 5) is 10.8. The van der Waals surface area contributed by atoms with Gasteiger partial charge in [0, 0.05) is 22.4 Å². The van der Waals surface area contributed by atoms with Crippen molar-refractivity contribution in [2.24, 2.45) is 0 Å². The zero-order valence-corrected chi connectivity index (χ0v) is 23.9. The number of rotatable bonds is 4. The molecule has 0 unspecified atom stereocenters. The van der Waals surface area contributed by atoms with Crippen molar-refractivity contribution in [1.29, 1.82) is 0 Å². The minimum atomic E-state index is -0.631. The number of fused-ring (bicyclic) bond motifs is 6. The SMILES string of the molecule is c1ccc(-c2nc(-n3c4ccccc4c4ccccc43)cc(C3(c4ccccc4)c4ccccc4-c4ccccc43)n2)cc1. The molecule has 3 nitrogen and oxygen atoms in total. The molecular formula is C41H27N3. The van der Waals surface area contributed by atoms with Crippen LogP contribution in [0.15, 0.2) is 164 Å². The number of hydrogen-bond donors (Lipinski definition) is 0. The van der Waals surface area contributed by atoms with Crippen molar-refractivity contribution in [2.45, 2.75) is 5.41 Å². The maximum Gasteiger partial charge on any atom is 0.161 e. The summed E-state index contributed by atoms with van der Waals surface area (Å²) in [5.74, 6) is 1.56. The minimum absolute atomic E-state index is 0.631. The van der Waals surface area contributed by atoms with Gasteiger partial charge in [0.2, 0.25) is 0 Å². The molecule has 0 saturated carbocycles. The molecule has 0 fully saturated rings. The van der Waals surface area contributed by atoms with Crippen LogP contribution in [0.4, 0.5) is 0 Å². The highest BCUT2D eigenvalue weighted by molar-refractivity contribution is 6.09. The van der Waals surface area contributed by atoms with Gasteiger partial charge < -0.3 is 0 Å². The van der Waals surface area contributed by atoms with Gasteiger partial charge in [-0.15, -0.1) is 0 Å². The first-order valence-corrected chi connectivity index (χ1v) is 15.0. The summed E-state index contributed by atoms with van der Waals surface area (Å²) in [6, 6.07) is 58.2. The maximum absolute atomic E-state index is 5.48. The predicted molar refractivity (Wildman–Crippen MR) is 179 cm³/mol. The van der Waals surface area contributed by atoms with Crippen LogP contribution in [-0.4, -0.2) is 14.5 Å². The molecule has 206 valence electrons. The van der Waals surface area contributed by atoms with Crippen molar-refractivity contribution in [3.05, 3.63) is 186 Å². The lowest BCUT2D eigenvalue weighted by Crippen LogP contribution is -2.30. The summed E-state index contributed by atoms with van der Waals surface area (Å²) in [5.41, 5.74) is 9.69. The van der Waals surface area contributed by atoms with Gasteiger partial charge in [-0.2, -0.15) is 0 Å². The van der Waals surface area contributed by atoms with E-state index in [1.165, 1.54) is 38.6 Å². The second kappa shape index (κ2) is 9.62. The molecule has 0 atom stereocenters. The molecule has 0 aliphatic heterocycles. The van der Waals surface area contributed by atoms with Gasteiger partial charge in [0.25, 0.3) is 0 Å². The van der Waals surface area contributed by atoms with E-state index < -0.39 is 5.41 Å². The summed E-state index contributed by atoms with van der Waals surface area (Å²) in [5, 5.41) is 2.41. The fraction of sp³-hybridized carbons (Fsp3) is 0.0244. The van der Waals surface area contributed by atoms with Gasteiger partial charge in [-0.3, -0.25) is 4.57 Å². The molecule has 3 heteroatoms. The zero-order valence-electron chi connectivity index (χ0n) is 23.9. The number of aromatic nitrogens is 3. The Labute approximate surface area is 255 Å². The normalized spacial score (nSPS) is 13.2. The van der Waals surface area contributed by atoms with Gasteiger partial charge in [0.05, 0.1) is 22.1 Å². The van der Waals surface area contributed by atoms with Crippen LogP contribution in [0.2, 0.25) is 0 Å². The highest BCUT2D eigenvalue weighted by Crippen LogP contribution is 2.55. The summed E-state index contributed by atoms with van der Waals surface area (Å²) in [6.07, 6.45) is 0. The van der Waals surface area contributed by atoms with Crippen LogP contribution in [-0.2, 0) is 5.41 Å². The molecule has 9 rings (SSSR count). The number of nitrogens with zero attached hydrogens (tertiary/aromatic N) is 3. The minimum Gasteiger partial charge on any atom is -0.294 e. The third-order valence-corrected chi connectivity index (χ3v) is 9.10.